The molecule has 1 N–H and O–H groups in total. The lowest BCUT2D eigenvalue weighted by Gasteiger charge is -2.30. The molecule has 1 unspecified atom stereocenters. The molecule has 0 aliphatic carbocycles. The van der Waals surface area contributed by atoms with E-state index in [9.17, 15) is 9.59 Å². The van der Waals surface area contributed by atoms with Crippen LogP contribution in [0.5, 0.6) is 0 Å². The number of imidazole rings is 1. The molecule has 0 fully saturated rings. The molecular weight excluding hydrogens is 270 g/mol. The maximum atomic E-state index is 12.4. The molecule has 1 amide bonds. The molecule has 0 aliphatic rings. The first-order valence-corrected chi connectivity index (χ1v) is 7.19. The first-order chi connectivity index (χ1) is 9.71. The Morgan fingerprint density at radius 2 is 2.05 bits per heavy atom. The highest BCUT2D eigenvalue weighted by molar-refractivity contribution is 5.82. The Hall–Kier alpha value is -1.85. The van der Waals surface area contributed by atoms with Crippen LogP contribution in [0.4, 0.5) is 0 Å². The van der Waals surface area contributed by atoms with Crippen molar-refractivity contribution in [1.82, 2.24) is 14.5 Å². The van der Waals surface area contributed by atoms with Gasteiger partial charge in [0.2, 0.25) is 5.91 Å². The van der Waals surface area contributed by atoms with E-state index in [1.165, 1.54) is 0 Å². The second-order valence-corrected chi connectivity index (χ2v) is 6.39. The van der Waals surface area contributed by atoms with E-state index in [2.05, 4.69) is 4.98 Å². The monoisotopic (exact) mass is 295 g/mol. The number of carbonyl (C=O) groups excluding carboxylic acids is 1. The Morgan fingerprint density at radius 1 is 1.38 bits per heavy atom. The van der Waals surface area contributed by atoms with Crippen LogP contribution in [0.1, 0.15) is 34.1 Å². The second-order valence-electron chi connectivity index (χ2n) is 6.39. The zero-order chi connectivity index (χ0) is 16.0. The first-order valence-electron chi connectivity index (χ1n) is 7.19. The number of aryl methyl sites for hydroxylation is 1. The number of carboxylic acid groups (broad SMARTS) is 1. The highest BCUT2D eigenvalue weighted by Gasteiger charge is 2.29. The fourth-order valence-electron chi connectivity index (χ4n) is 2.02. The van der Waals surface area contributed by atoms with Crippen LogP contribution in [-0.4, -0.2) is 44.5 Å². The maximum Gasteiger partial charge on any atom is 0.308 e. The maximum absolute atomic E-state index is 12.4. The molecule has 0 radical (unpaired) electrons. The Labute approximate surface area is 125 Å². The predicted molar refractivity (Wildman–Crippen MR) is 79.7 cm³/mol. The van der Waals surface area contributed by atoms with E-state index in [1.807, 2.05) is 31.5 Å². The number of aliphatic carboxylic acids is 1. The normalized spacial score (nSPS) is 13.0. The number of aromatic nitrogens is 2. The molecule has 0 aromatic carbocycles. The van der Waals surface area contributed by atoms with E-state index in [1.54, 1.807) is 24.3 Å². The van der Waals surface area contributed by atoms with Gasteiger partial charge in [-0.1, -0.05) is 27.7 Å². The average Bonchev–Trinajstić information content (AvgIpc) is 2.88. The zero-order valence-corrected chi connectivity index (χ0v) is 13.2. The van der Waals surface area contributed by atoms with Crippen molar-refractivity contribution < 1.29 is 14.7 Å². The summed E-state index contributed by atoms with van der Waals surface area (Å²) >= 11 is 0. The molecular formula is C15H25N3O3. The molecule has 0 saturated carbocycles. The van der Waals surface area contributed by atoms with Crippen molar-refractivity contribution in [3.8, 4) is 0 Å². The quantitative estimate of drug-likeness (QED) is 0.833. The fraction of sp³-hybridized carbons (Fsp3) is 0.667. The first kappa shape index (κ1) is 17.2. The minimum atomic E-state index is -0.878. The van der Waals surface area contributed by atoms with Crippen molar-refractivity contribution in [2.45, 2.75) is 40.7 Å². The van der Waals surface area contributed by atoms with Crippen LogP contribution in [0.3, 0.4) is 0 Å². The molecule has 0 bridgehead atoms. The summed E-state index contributed by atoms with van der Waals surface area (Å²) in [5, 5.41) is 9.04. The van der Waals surface area contributed by atoms with Gasteiger partial charge in [-0.15, -0.1) is 0 Å². The molecule has 1 atom stereocenters. The lowest BCUT2D eigenvalue weighted by atomic mass is 9.94. The van der Waals surface area contributed by atoms with Crippen molar-refractivity contribution >= 4 is 11.9 Å². The van der Waals surface area contributed by atoms with Crippen LogP contribution >= 0.6 is 0 Å². The summed E-state index contributed by atoms with van der Waals surface area (Å²) < 4.78 is 1.94. The van der Waals surface area contributed by atoms with E-state index in [0.717, 1.165) is 13.0 Å². The smallest absolute Gasteiger partial charge is 0.308 e. The number of rotatable bonds is 7. The average molecular weight is 295 g/mol. The molecule has 6 heteroatoms. The number of hydrogen-bond donors (Lipinski definition) is 1. The minimum Gasteiger partial charge on any atom is -0.481 e. The standard InChI is InChI=1S/C15H25N3O3/c1-12(13(19)20)10-18(14(21)15(2,3)4)8-5-7-17-9-6-16-11-17/h6,9,11-12H,5,7-8,10H2,1-4H3,(H,19,20). The van der Waals surface area contributed by atoms with Gasteiger partial charge in [0.15, 0.2) is 0 Å². The second kappa shape index (κ2) is 7.24. The van der Waals surface area contributed by atoms with Gasteiger partial charge < -0.3 is 14.6 Å². The van der Waals surface area contributed by atoms with Gasteiger partial charge in [-0.2, -0.15) is 0 Å². The SMILES string of the molecule is CC(CN(CCCn1ccnc1)C(=O)C(C)(C)C)C(=O)O. The molecule has 1 aromatic heterocycles. The predicted octanol–water partition coefficient (Wildman–Crippen LogP) is 1.87. The third-order valence-electron chi connectivity index (χ3n) is 3.25. The summed E-state index contributed by atoms with van der Waals surface area (Å²) in [7, 11) is 0. The van der Waals surface area contributed by atoms with Gasteiger partial charge in [-0.3, -0.25) is 9.59 Å². The van der Waals surface area contributed by atoms with Crippen molar-refractivity contribution in [1.29, 1.82) is 0 Å². The summed E-state index contributed by atoms with van der Waals surface area (Å²) in [6.07, 6.45) is 6.08. The van der Waals surface area contributed by atoms with Crippen LogP contribution in [0.25, 0.3) is 0 Å². The van der Waals surface area contributed by atoms with Crippen LogP contribution in [0.15, 0.2) is 18.7 Å². The zero-order valence-electron chi connectivity index (χ0n) is 13.2. The van der Waals surface area contributed by atoms with E-state index >= 15 is 0 Å². The van der Waals surface area contributed by atoms with E-state index in [-0.39, 0.29) is 12.5 Å². The molecule has 6 nitrogen and oxygen atoms in total. The molecule has 1 heterocycles. The van der Waals surface area contributed by atoms with Crippen LogP contribution in [0, 0.1) is 11.3 Å². The number of hydrogen-bond acceptors (Lipinski definition) is 3. The van der Waals surface area contributed by atoms with Crippen LogP contribution in [-0.2, 0) is 16.1 Å². The number of carboxylic acids is 1. The van der Waals surface area contributed by atoms with Gasteiger partial charge in [-0.25, -0.2) is 4.98 Å². The van der Waals surface area contributed by atoms with Gasteiger partial charge in [0, 0.05) is 37.4 Å². The highest BCUT2D eigenvalue weighted by atomic mass is 16.4. The minimum absolute atomic E-state index is 0.0127. The molecule has 1 rings (SSSR count). The third-order valence-corrected chi connectivity index (χ3v) is 3.25. The topological polar surface area (TPSA) is 75.4 Å². The molecule has 1 aromatic rings. The summed E-state index contributed by atoms with van der Waals surface area (Å²) in [5.41, 5.74) is -0.507. The molecule has 0 saturated heterocycles. The number of nitrogens with zero attached hydrogens (tertiary/aromatic N) is 3. The molecule has 0 spiro atoms. The Bertz CT molecular complexity index is 463. The van der Waals surface area contributed by atoms with Gasteiger partial charge >= 0.3 is 5.97 Å². The van der Waals surface area contributed by atoms with Gasteiger partial charge in [-0.05, 0) is 6.42 Å². The fourth-order valence-corrected chi connectivity index (χ4v) is 2.02. The van der Waals surface area contributed by atoms with Gasteiger partial charge in [0.1, 0.15) is 0 Å². The summed E-state index contributed by atoms with van der Waals surface area (Å²) in [5.74, 6) is -1.46. The van der Waals surface area contributed by atoms with E-state index in [4.69, 9.17) is 5.11 Å². The van der Waals surface area contributed by atoms with Crippen molar-refractivity contribution in [3.05, 3.63) is 18.7 Å². The molecule has 21 heavy (non-hydrogen) atoms. The number of amides is 1. The summed E-state index contributed by atoms with van der Waals surface area (Å²) in [4.78, 5) is 29.1. The van der Waals surface area contributed by atoms with Gasteiger partial charge in [0.05, 0.1) is 12.2 Å². The van der Waals surface area contributed by atoms with Crippen molar-refractivity contribution in [2.75, 3.05) is 13.1 Å². The summed E-state index contributed by atoms with van der Waals surface area (Å²) in [6.45, 7) is 8.73. The summed E-state index contributed by atoms with van der Waals surface area (Å²) in [6, 6.07) is 0. The van der Waals surface area contributed by atoms with Crippen LogP contribution in [0.2, 0.25) is 0 Å². The lowest BCUT2D eigenvalue weighted by Crippen LogP contribution is -2.43. The molecule has 118 valence electrons. The Kier molecular flexibility index (Phi) is 5.93. The van der Waals surface area contributed by atoms with Gasteiger partial charge in [0.25, 0.3) is 0 Å². The molecule has 0 aliphatic heterocycles. The van der Waals surface area contributed by atoms with E-state index < -0.39 is 17.3 Å². The van der Waals surface area contributed by atoms with Crippen molar-refractivity contribution in [2.24, 2.45) is 11.3 Å². The number of carbonyl (C=O) groups is 2. The lowest BCUT2D eigenvalue weighted by molar-refractivity contribution is -0.145. The highest BCUT2D eigenvalue weighted by Crippen LogP contribution is 2.19. The van der Waals surface area contributed by atoms with Crippen LogP contribution < -0.4 is 0 Å². The Morgan fingerprint density at radius 3 is 2.52 bits per heavy atom. The van der Waals surface area contributed by atoms with E-state index in [0.29, 0.717) is 6.54 Å². The third kappa shape index (κ3) is 5.57. The largest absolute Gasteiger partial charge is 0.481 e. The van der Waals surface area contributed by atoms with Crippen molar-refractivity contribution in [3.63, 3.8) is 0 Å². The Balaban J connectivity index is 2.62.